The Kier molecular flexibility index (Phi) is 6.16. The van der Waals surface area contributed by atoms with Crippen molar-refractivity contribution in [2.75, 3.05) is 6.54 Å². The van der Waals surface area contributed by atoms with Crippen molar-refractivity contribution < 1.29 is 19.5 Å². The molecule has 3 amide bonds. The van der Waals surface area contributed by atoms with E-state index in [9.17, 15) is 19.5 Å². The van der Waals surface area contributed by atoms with Crippen molar-refractivity contribution in [1.29, 1.82) is 0 Å². The number of nitrogens with zero attached hydrogens (tertiary/aromatic N) is 1. The first-order valence-corrected chi connectivity index (χ1v) is 8.65. The van der Waals surface area contributed by atoms with Gasteiger partial charge in [-0.2, -0.15) is 0 Å². The van der Waals surface area contributed by atoms with Gasteiger partial charge in [-0.3, -0.25) is 14.4 Å². The van der Waals surface area contributed by atoms with E-state index in [2.05, 4.69) is 27.9 Å². The number of aliphatic hydroxyl groups excluding tert-OH is 1. The molecule has 1 heterocycles. The van der Waals surface area contributed by atoms with Crippen LogP contribution in [0.4, 0.5) is 0 Å². The Bertz CT molecular complexity index is 635. The standard InChI is InChI=1S/C16H20IN3O4/c1-9(21)20-8-12(22)7-14(20)16(24)19-13(15(18)23)6-10-2-4-11(17)5-3-10/h2-5,12-14,22H,6-8H2,1H3,(H2,18,23)(H,19,24)/t12-,13-,14+/m1/s1. The monoisotopic (exact) mass is 445 g/mol. The van der Waals surface area contributed by atoms with Crippen molar-refractivity contribution in [2.24, 2.45) is 5.73 Å². The van der Waals surface area contributed by atoms with Gasteiger partial charge in [0.05, 0.1) is 6.10 Å². The molecule has 0 spiro atoms. The number of amides is 3. The highest BCUT2D eigenvalue weighted by molar-refractivity contribution is 14.1. The lowest BCUT2D eigenvalue weighted by Crippen LogP contribution is -2.52. The fourth-order valence-electron chi connectivity index (χ4n) is 2.76. The highest BCUT2D eigenvalue weighted by Gasteiger charge is 2.38. The van der Waals surface area contributed by atoms with E-state index >= 15 is 0 Å². The van der Waals surface area contributed by atoms with Gasteiger partial charge in [0.15, 0.2) is 0 Å². The van der Waals surface area contributed by atoms with Crippen LogP contribution in [0.2, 0.25) is 0 Å². The van der Waals surface area contributed by atoms with Gasteiger partial charge in [0.25, 0.3) is 0 Å². The highest BCUT2D eigenvalue weighted by atomic mass is 127. The minimum atomic E-state index is -0.871. The third-order valence-electron chi connectivity index (χ3n) is 4.00. The van der Waals surface area contributed by atoms with Crippen LogP contribution in [-0.4, -0.2) is 52.5 Å². The Morgan fingerprint density at radius 3 is 2.54 bits per heavy atom. The largest absolute Gasteiger partial charge is 0.391 e. The Labute approximate surface area is 153 Å². The first-order valence-electron chi connectivity index (χ1n) is 7.57. The number of aliphatic hydroxyl groups is 1. The normalized spacial score (nSPS) is 21.4. The van der Waals surface area contributed by atoms with Crippen LogP contribution in [0.3, 0.4) is 0 Å². The quantitative estimate of drug-likeness (QED) is 0.545. The molecule has 1 aromatic carbocycles. The number of carbonyl (C=O) groups excluding carboxylic acids is 3. The molecule has 8 heteroatoms. The van der Waals surface area contributed by atoms with Gasteiger partial charge < -0.3 is 21.1 Å². The topological polar surface area (TPSA) is 113 Å². The van der Waals surface area contributed by atoms with Crippen LogP contribution in [0, 0.1) is 3.57 Å². The van der Waals surface area contributed by atoms with E-state index in [1.807, 2.05) is 24.3 Å². The van der Waals surface area contributed by atoms with E-state index in [1.54, 1.807) is 0 Å². The van der Waals surface area contributed by atoms with E-state index in [1.165, 1.54) is 11.8 Å². The molecule has 0 unspecified atom stereocenters. The minimum Gasteiger partial charge on any atom is -0.391 e. The van der Waals surface area contributed by atoms with Gasteiger partial charge >= 0.3 is 0 Å². The van der Waals surface area contributed by atoms with Crippen LogP contribution in [0.25, 0.3) is 0 Å². The molecule has 3 atom stereocenters. The predicted molar refractivity (Wildman–Crippen MR) is 95.8 cm³/mol. The summed E-state index contributed by atoms with van der Waals surface area (Å²) in [7, 11) is 0. The maximum absolute atomic E-state index is 12.4. The number of β-amino-alcohol motifs (C(OH)–C–C–N with tert-alkyl or cyclic N) is 1. The number of carbonyl (C=O) groups is 3. The number of nitrogens with two attached hydrogens (primary N) is 1. The Morgan fingerprint density at radius 1 is 1.38 bits per heavy atom. The molecular weight excluding hydrogens is 425 g/mol. The van der Waals surface area contributed by atoms with Crippen molar-refractivity contribution >= 4 is 40.3 Å². The molecule has 0 aliphatic carbocycles. The van der Waals surface area contributed by atoms with Gasteiger partial charge in [0.2, 0.25) is 17.7 Å². The molecule has 24 heavy (non-hydrogen) atoms. The number of hydrogen-bond donors (Lipinski definition) is 3. The zero-order valence-electron chi connectivity index (χ0n) is 13.2. The zero-order valence-corrected chi connectivity index (χ0v) is 15.4. The van der Waals surface area contributed by atoms with Crippen molar-refractivity contribution in [3.8, 4) is 0 Å². The smallest absolute Gasteiger partial charge is 0.243 e. The van der Waals surface area contributed by atoms with Gasteiger partial charge in [-0.15, -0.1) is 0 Å². The maximum atomic E-state index is 12.4. The average Bonchev–Trinajstić information content (AvgIpc) is 2.91. The molecule has 1 aliphatic rings. The van der Waals surface area contributed by atoms with Crippen molar-refractivity contribution in [3.05, 3.63) is 33.4 Å². The second kappa shape index (κ2) is 7.93. The van der Waals surface area contributed by atoms with Crippen LogP contribution < -0.4 is 11.1 Å². The number of halogens is 1. The summed E-state index contributed by atoms with van der Waals surface area (Å²) >= 11 is 2.18. The Hall–Kier alpha value is -1.68. The molecule has 1 saturated heterocycles. The highest BCUT2D eigenvalue weighted by Crippen LogP contribution is 2.18. The molecule has 0 aromatic heterocycles. The SMILES string of the molecule is CC(=O)N1C[C@H](O)C[C@H]1C(=O)N[C@H](Cc1ccc(I)cc1)C(N)=O. The van der Waals surface area contributed by atoms with Crippen LogP contribution in [0.15, 0.2) is 24.3 Å². The zero-order chi connectivity index (χ0) is 17.9. The second-order valence-electron chi connectivity index (χ2n) is 5.87. The number of rotatable bonds is 5. The number of likely N-dealkylation sites (tertiary alicyclic amines) is 1. The molecular formula is C16H20IN3O4. The molecule has 4 N–H and O–H groups in total. The van der Waals surface area contributed by atoms with Gasteiger partial charge in [-0.05, 0) is 40.3 Å². The third-order valence-corrected chi connectivity index (χ3v) is 4.72. The van der Waals surface area contributed by atoms with Crippen LogP contribution in [0.1, 0.15) is 18.9 Å². The summed E-state index contributed by atoms with van der Waals surface area (Å²) in [5.74, 6) is -1.41. The molecule has 7 nitrogen and oxygen atoms in total. The van der Waals surface area contributed by atoms with Crippen molar-refractivity contribution in [1.82, 2.24) is 10.2 Å². The van der Waals surface area contributed by atoms with Crippen LogP contribution >= 0.6 is 22.6 Å². The summed E-state index contributed by atoms with van der Waals surface area (Å²) in [6.07, 6.45) is -0.318. The first-order chi connectivity index (χ1) is 11.3. The summed E-state index contributed by atoms with van der Waals surface area (Å²) in [5, 5.41) is 12.3. The third kappa shape index (κ3) is 4.67. The summed E-state index contributed by atoms with van der Waals surface area (Å²) < 4.78 is 1.06. The van der Waals surface area contributed by atoms with Gasteiger partial charge in [0.1, 0.15) is 12.1 Å². The molecule has 0 saturated carbocycles. The van der Waals surface area contributed by atoms with E-state index in [4.69, 9.17) is 5.73 Å². The summed E-state index contributed by atoms with van der Waals surface area (Å²) in [4.78, 5) is 37.0. The first kappa shape index (κ1) is 18.7. The molecule has 1 fully saturated rings. The number of hydrogen-bond acceptors (Lipinski definition) is 4. The van der Waals surface area contributed by atoms with Crippen molar-refractivity contribution in [3.63, 3.8) is 0 Å². The lowest BCUT2D eigenvalue weighted by Gasteiger charge is -2.24. The predicted octanol–water partition coefficient (Wildman–Crippen LogP) is -0.214. The van der Waals surface area contributed by atoms with E-state index in [-0.39, 0.29) is 25.3 Å². The molecule has 2 rings (SSSR count). The number of primary amides is 1. The van der Waals surface area contributed by atoms with Gasteiger partial charge in [-0.1, -0.05) is 12.1 Å². The lowest BCUT2D eigenvalue weighted by molar-refractivity contribution is -0.138. The van der Waals surface area contributed by atoms with Crippen LogP contribution in [0.5, 0.6) is 0 Å². The summed E-state index contributed by atoms with van der Waals surface area (Å²) in [6.45, 7) is 1.46. The fourth-order valence-corrected chi connectivity index (χ4v) is 3.12. The maximum Gasteiger partial charge on any atom is 0.243 e. The van der Waals surface area contributed by atoms with Crippen LogP contribution in [-0.2, 0) is 20.8 Å². The number of benzene rings is 1. The van der Waals surface area contributed by atoms with Gasteiger partial charge in [-0.25, -0.2) is 0 Å². The Morgan fingerprint density at radius 2 is 2.00 bits per heavy atom. The minimum absolute atomic E-state index is 0.117. The van der Waals surface area contributed by atoms with Gasteiger partial charge in [0, 0.05) is 29.9 Å². The molecule has 0 radical (unpaired) electrons. The average molecular weight is 445 g/mol. The van der Waals surface area contributed by atoms with Crippen molar-refractivity contribution in [2.45, 2.75) is 38.0 Å². The fraction of sp³-hybridized carbons (Fsp3) is 0.438. The summed E-state index contributed by atoms with van der Waals surface area (Å²) in [5.41, 5.74) is 6.27. The molecule has 0 bridgehead atoms. The van der Waals surface area contributed by atoms with E-state index in [0.717, 1.165) is 9.13 Å². The lowest BCUT2D eigenvalue weighted by atomic mass is 10.0. The Balaban J connectivity index is 2.06. The molecule has 130 valence electrons. The number of nitrogens with one attached hydrogen (secondary N) is 1. The summed E-state index contributed by atoms with van der Waals surface area (Å²) in [6, 6.07) is 5.89. The molecule has 1 aliphatic heterocycles. The van der Waals surface area contributed by atoms with E-state index < -0.39 is 30.0 Å². The second-order valence-corrected chi connectivity index (χ2v) is 7.12. The van der Waals surface area contributed by atoms with E-state index in [0.29, 0.717) is 0 Å². The molecule has 1 aromatic rings.